The molecule has 0 aliphatic heterocycles. The Labute approximate surface area is 62.9 Å². The van der Waals surface area contributed by atoms with E-state index in [0.717, 1.165) is 0 Å². The van der Waals surface area contributed by atoms with Crippen molar-refractivity contribution in [3.8, 4) is 0 Å². The average Bonchev–Trinajstić information content (AvgIpc) is 1.61. The fourth-order valence-corrected chi connectivity index (χ4v) is 0.203. The van der Waals surface area contributed by atoms with Crippen LogP contribution in [0.3, 0.4) is 0 Å². The number of nitrogens with two attached hydrogens (primary N) is 1. The first kappa shape index (κ1) is 8.00. The van der Waals surface area contributed by atoms with E-state index in [4.69, 9.17) is 5.73 Å². The molecule has 38 valence electrons. The number of rotatable bonds is 1. The van der Waals surface area contributed by atoms with E-state index < -0.39 is 4.83 Å². The molecule has 0 aliphatic carbocycles. The molecule has 0 aromatic rings. The second-order valence-electron chi connectivity index (χ2n) is 0.926. The number of hydrogen-bond acceptors (Lipinski definition) is 3. The van der Waals surface area contributed by atoms with Gasteiger partial charge in [0, 0.05) is 4.70 Å². The predicted molar refractivity (Wildman–Crippen MR) is 29.6 cm³/mol. The minimum Gasteiger partial charge on any atom is -0.401 e. The lowest BCUT2D eigenvalue weighted by molar-refractivity contribution is 0.178. The van der Waals surface area contributed by atoms with Crippen LogP contribution in [0.5, 0.6) is 0 Å². The lowest BCUT2D eigenvalue weighted by Crippen LogP contribution is -2.12. The Morgan fingerprint density at radius 2 is 2.12 bits per heavy atom. The molecule has 0 unspecified atom stereocenters. The fourth-order valence-electron chi connectivity index (χ4n) is 0.0977. The highest BCUT2D eigenvalue weighted by Gasteiger charge is 1.84. The topological polar surface area (TPSA) is 64.7 Å². The molecule has 0 heterocycles. The third-order valence-corrected chi connectivity index (χ3v) is 0.452. The molecule has 6 heteroatoms. The van der Waals surface area contributed by atoms with Crippen LogP contribution in [0.15, 0.2) is 5.16 Å². The van der Waals surface area contributed by atoms with Gasteiger partial charge in [-0.2, -0.15) is 0 Å². The van der Waals surface area contributed by atoms with Crippen LogP contribution in [0.1, 0.15) is 0 Å². The summed E-state index contributed by atoms with van der Waals surface area (Å²) in [6, 6.07) is 0. The van der Waals surface area contributed by atoms with Gasteiger partial charge in [-0.3, -0.25) is 4.79 Å². The van der Waals surface area contributed by atoms with Crippen LogP contribution in [0.4, 0.5) is 4.79 Å². The number of carbonyl (C=O) groups excluding carboxylic acids is 1. The van der Waals surface area contributed by atoms with Crippen molar-refractivity contribution < 1.29 is 9.63 Å². The highest BCUT2D eigenvalue weighted by atomic mass is 27.1. The summed E-state index contributed by atoms with van der Waals surface area (Å²) < 4.78 is 0.140. The van der Waals surface area contributed by atoms with Crippen LogP contribution < -0.4 is 5.73 Å². The second kappa shape index (κ2) is 3.94. The second-order valence-corrected chi connectivity index (χ2v) is 1.99. The Bertz CT molecular complexity index is 119. The molecular formula is C2H2Al2N2O2. The standard InChI is InChI=1S/C2H2N2O2.2Al/c3-1-4-6-2-5;;/h(H2,3,4);;. The minimum absolute atomic E-state index is 0.140. The molecule has 4 radical (unpaired) electrons. The maximum atomic E-state index is 9.92. The summed E-state index contributed by atoms with van der Waals surface area (Å²) in [7, 11) is 0. The van der Waals surface area contributed by atoms with Gasteiger partial charge in [0.25, 0.3) is 0 Å². The molecule has 2 N–H and O–H groups in total. The Morgan fingerprint density at radius 1 is 1.62 bits per heavy atom. The first-order valence-electron chi connectivity index (χ1n) is 1.68. The molecule has 0 aliphatic rings. The molecule has 0 aromatic carbocycles. The summed E-state index contributed by atoms with van der Waals surface area (Å²) in [5, 5.41) is 3.11. The summed E-state index contributed by atoms with van der Waals surface area (Å²) in [5.74, 6) is 0. The van der Waals surface area contributed by atoms with E-state index in [1.807, 2.05) is 0 Å². The number of nitrogens with zero attached hydrogens (tertiary/aromatic N) is 1. The first-order valence-corrected chi connectivity index (χ1v) is 2.84. The average molecular weight is 140 g/mol. The third kappa shape index (κ3) is 6.00. The smallest absolute Gasteiger partial charge is 0.323 e. The maximum absolute atomic E-state index is 9.92. The van der Waals surface area contributed by atoms with Crippen molar-refractivity contribution in [1.29, 1.82) is 0 Å². The van der Waals surface area contributed by atoms with Gasteiger partial charge in [-0.05, 0) is 0 Å². The molecule has 0 aromatic heterocycles. The van der Waals surface area contributed by atoms with E-state index in [0.29, 0.717) is 0 Å². The molecule has 8 heavy (non-hydrogen) atoms. The monoisotopic (exact) mass is 140 g/mol. The zero-order valence-corrected chi connectivity index (χ0v) is 6.31. The van der Waals surface area contributed by atoms with Gasteiger partial charge in [0.15, 0.2) is 0 Å². The van der Waals surface area contributed by atoms with E-state index >= 15 is 0 Å². The van der Waals surface area contributed by atoms with Gasteiger partial charge < -0.3 is 10.6 Å². The van der Waals surface area contributed by atoms with E-state index in [1.54, 1.807) is 16.3 Å². The number of hydrogen-bond donors (Lipinski definition) is 1. The molecular weight excluding hydrogens is 138 g/mol. The van der Waals surface area contributed by atoms with Crippen LogP contribution >= 0.6 is 0 Å². The van der Waals surface area contributed by atoms with Crippen LogP contribution in [0.2, 0.25) is 0 Å². The van der Waals surface area contributed by atoms with Crippen molar-refractivity contribution in [2.24, 2.45) is 10.9 Å². The van der Waals surface area contributed by atoms with Crippen LogP contribution in [0.25, 0.3) is 0 Å². The molecule has 0 saturated heterocycles. The summed E-state index contributed by atoms with van der Waals surface area (Å²) in [6.45, 7) is 0. The lowest BCUT2D eigenvalue weighted by Gasteiger charge is -1.91. The third-order valence-electron chi connectivity index (χ3n) is 0.241. The summed E-state index contributed by atoms with van der Waals surface area (Å²) in [4.78, 5) is 13.4. The normalized spacial score (nSPS) is 10.8. The zero-order valence-electron chi connectivity index (χ0n) is 4.00. The highest BCUT2D eigenvalue weighted by molar-refractivity contribution is 6.58. The van der Waals surface area contributed by atoms with Gasteiger partial charge in [0.1, 0.15) is 0 Å². The molecule has 0 spiro atoms. The summed E-state index contributed by atoms with van der Waals surface area (Å²) in [5.41, 5.74) is 4.97. The van der Waals surface area contributed by atoms with Crippen molar-refractivity contribution >= 4 is 42.1 Å². The van der Waals surface area contributed by atoms with Crippen molar-refractivity contribution in [3.05, 3.63) is 0 Å². The number of amidine groups is 1. The fraction of sp³-hybridized carbons (Fsp3) is 0. The Balaban J connectivity index is 3.45. The van der Waals surface area contributed by atoms with Gasteiger partial charge in [-0.15, -0.1) is 0 Å². The Morgan fingerprint density at radius 3 is 2.25 bits per heavy atom. The number of carbonyl (C=O) groups is 1. The molecule has 0 amide bonds. The summed E-state index contributed by atoms with van der Waals surface area (Å²) in [6.07, 6.45) is 0. The predicted octanol–water partition coefficient (Wildman–Crippen LogP) is -1.31. The van der Waals surface area contributed by atoms with Crippen molar-refractivity contribution in [3.63, 3.8) is 0 Å². The zero-order chi connectivity index (χ0) is 6.57. The van der Waals surface area contributed by atoms with Crippen molar-refractivity contribution in [2.45, 2.75) is 0 Å². The van der Waals surface area contributed by atoms with Crippen molar-refractivity contribution in [1.82, 2.24) is 0 Å². The van der Waals surface area contributed by atoms with E-state index in [2.05, 4.69) is 26.3 Å². The maximum Gasteiger partial charge on any atom is 0.323 e. The molecule has 0 rings (SSSR count). The van der Waals surface area contributed by atoms with Gasteiger partial charge in [0.2, 0.25) is 21.1 Å². The molecule has 0 saturated carbocycles. The largest absolute Gasteiger partial charge is 0.401 e. The van der Waals surface area contributed by atoms with Crippen LogP contribution in [-0.4, -0.2) is 42.1 Å². The first-order chi connectivity index (χ1) is 3.63. The van der Waals surface area contributed by atoms with Crippen LogP contribution in [0, 0.1) is 0 Å². The molecule has 4 nitrogen and oxygen atoms in total. The SMILES string of the molecule is N[C]([Al])=NO[C](=O)[Al]. The van der Waals surface area contributed by atoms with Gasteiger partial charge >= 0.3 is 16.3 Å². The lowest BCUT2D eigenvalue weighted by atomic mass is 11.4. The van der Waals surface area contributed by atoms with Gasteiger partial charge in [-0.25, -0.2) is 0 Å². The van der Waals surface area contributed by atoms with E-state index in [-0.39, 0.29) is 4.70 Å². The quantitative estimate of drug-likeness (QED) is 0.162. The minimum atomic E-state index is -0.560. The van der Waals surface area contributed by atoms with Crippen LogP contribution in [-0.2, 0) is 4.84 Å². The summed E-state index contributed by atoms with van der Waals surface area (Å²) >= 11 is 3.86. The molecule has 0 bridgehead atoms. The molecule has 0 fully saturated rings. The van der Waals surface area contributed by atoms with E-state index in [9.17, 15) is 4.79 Å². The van der Waals surface area contributed by atoms with Gasteiger partial charge in [0.05, 0.1) is 0 Å². The number of oxime groups is 1. The van der Waals surface area contributed by atoms with Crippen molar-refractivity contribution in [2.75, 3.05) is 0 Å². The Kier molecular flexibility index (Phi) is 3.94. The van der Waals surface area contributed by atoms with E-state index in [1.165, 1.54) is 0 Å². The molecule has 0 atom stereocenters. The highest BCUT2D eigenvalue weighted by Crippen LogP contribution is 1.73. The van der Waals surface area contributed by atoms with Gasteiger partial charge in [-0.1, -0.05) is 5.16 Å². The Hall–Kier alpha value is 0.00494.